The molecule has 0 saturated carbocycles. The second-order valence-electron chi connectivity index (χ2n) is 3.80. The van der Waals surface area contributed by atoms with Crippen LogP contribution in [-0.2, 0) is 0 Å². The molecule has 1 atom stereocenters. The average molecular weight is 169 g/mol. The summed E-state index contributed by atoms with van der Waals surface area (Å²) in [5.74, 6) is 0.678. The van der Waals surface area contributed by atoms with Crippen LogP contribution < -0.4 is 0 Å². The number of aliphatic hydroxyl groups is 1. The lowest BCUT2D eigenvalue weighted by Gasteiger charge is -2.29. The zero-order chi connectivity index (χ0) is 8.97. The summed E-state index contributed by atoms with van der Waals surface area (Å²) in [6.45, 7) is 8.01. The maximum absolute atomic E-state index is 8.69. The summed E-state index contributed by atoms with van der Waals surface area (Å²) in [4.78, 5) is 2.41. The summed E-state index contributed by atoms with van der Waals surface area (Å²) in [5.41, 5.74) is 1.46. The van der Waals surface area contributed by atoms with E-state index in [4.69, 9.17) is 5.11 Å². The zero-order valence-corrected chi connectivity index (χ0v) is 8.08. The molecule has 0 saturated heterocycles. The third-order valence-corrected chi connectivity index (χ3v) is 2.22. The highest BCUT2D eigenvalue weighted by Crippen LogP contribution is 2.13. The van der Waals surface area contributed by atoms with Crippen molar-refractivity contribution in [3.05, 3.63) is 11.6 Å². The van der Waals surface area contributed by atoms with Crippen molar-refractivity contribution in [1.29, 1.82) is 0 Å². The van der Waals surface area contributed by atoms with Crippen molar-refractivity contribution in [1.82, 2.24) is 4.90 Å². The molecule has 0 radical (unpaired) electrons. The highest BCUT2D eigenvalue weighted by molar-refractivity contribution is 5.07. The summed E-state index contributed by atoms with van der Waals surface area (Å²) in [6.07, 6.45) is 3.25. The topological polar surface area (TPSA) is 23.5 Å². The van der Waals surface area contributed by atoms with Gasteiger partial charge in [-0.2, -0.15) is 0 Å². The monoisotopic (exact) mass is 169 g/mol. The van der Waals surface area contributed by atoms with E-state index in [-0.39, 0.29) is 0 Å². The van der Waals surface area contributed by atoms with E-state index in [1.54, 1.807) is 0 Å². The van der Waals surface area contributed by atoms with E-state index in [2.05, 4.69) is 24.8 Å². The quantitative estimate of drug-likeness (QED) is 0.643. The third-order valence-electron chi connectivity index (χ3n) is 2.22. The van der Waals surface area contributed by atoms with Crippen LogP contribution in [0.5, 0.6) is 0 Å². The third kappa shape index (κ3) is 2.95. The fourth-order valence-electron chi connectivity index (χ4n) is 1.88. The van der Waals surface area contributed by atoms with Gasteiger partial charge >= 0.3 is 0 Å². The van der Waals surface area contributed by atoms with Crippen molar-refractivity contribution >= 4 is 0 Å². The van der Waals surface area contributed by atoms with Crippen LogP contribution in [0.3, 0.4) is 0 Å². The molecule has 0 aromatic carbocycles. The molecule has 2 heteroatoms. The molecule has 0 aromatic heterocycles. The Morgan fingerprint density at radius 2 is 2.42 bits per heavy atom. The van der Waals surface area contributed by atoms with E-state index < -0.39 is 0 Å². The highest BCUT2D eigenvalue weighted by atomic mass is 16.3. The van der Waals surface area contributed by atoms with E-state index in [1.165, 1.54) is 5.57 Å². The predicted octanol–water partition coefficient (Wildman–Crippen LogP) is 1.27. The summed E-state index contributed by atoms with van der Waals surface area (Å²) < 4.78 is 0. The average Bonchev–Trinajstić information content (AvgIpc) is 1.99. The van der Waals surface area contributed by atoms with Gasteiger partial charge in [-0.25, -0.2) is 0 Å². The van der Waals surface area contributed by atoms with E-state index in [9.17, 15) is 0 Å². The standard InChI is InChI=1S/C10H19NO/c1-9-6-10(2)8-11(7-9)4-3-5-12/h6,9,12H,3-5,7-8H2,1-2H3. The second kappa shape index (κ2) is 4.63. The Hall–Kier alpha value is -0.340. The molecule has 70 valence electrons. The maximum atomic E-state index is 8.69. The van der Waals surface area contributed by atoms with Gasteiger partial charge in [0.2, 0.25) is 0 Å². The van der Waals surface area contributed by atoms with Crippen LogP contribution in [0.25, 0.3) is 0 Å². The molecule has 1 aliphatic rings. The summed E-state index contributed by atoms with van der Waals surface area (Å²) in [7, 11) is 0. The van der Waals surface area contributed by atoms with Crippen LogP contribution in [0.15, 0.2) is 11.6 Å². The Labute approximate surface area is 74.9 Å². The number of hydrogen-bond acceptors (Lipinski definition) is 2. The maximum Gasteiger partial charge on any atom is 0.0443 e. The molecule has 1 N–H and O–H groups in total. The van der Waals surface area contributed by atoms with Gasteiger partial charge in [-0.05, 0) is 19.3 Å². The number of nitrogens with zero attached hydrogens (tertiary/aromatic N) is 1. The predicted molar refractivity (Wildman–Crippen MR) is 51.1 cm³/mol. The van der Waals surface area contributed by atoms with Crippen molar-refractivity contribution in [3.63, 3.8) is 0 Å². The Morgan fingerprint density at radius 1 is 1.67 bits per heavy atom. The summed E-state index contributed by atoms with van der Waals surface area (Å²) >= 11 is 0. The van der Waals surface area contributed by atoms with Gasteiger partial charge in [0.25, 0.3) is 0 Å². The van der Waals surface area contributed by atoms with Gasteiger partial charge < -0.3 is 5.11 Å². The molecule has 0 aliphatic carbocycles. The minimum absolute atomic E-state index is 0.313. The number of aliphatic hydroxyl groups excluding tert-OH is 1. The normalized spacial score (nSPS) is 25.6. The van der Waals surface area contributed by atoms with Crippen molar-refractivity contribution in [2.24, 2.45) is 5.92 Å². The molecule has 1 rings (SSSR count). The fourth-order valence-corrected chi connectivity index (χ4v) is 1.88. The zero-order valence-electron chi connectivity index (χ0n) is 8.08. The van der Waals surface area contributed by atoms with Gasteiger partial charge in [-0.15, -0.1) is 0 Å². The first-order chi connectivity index (χ1) is 5.72. The van der Waals surface area contributed by atoms with Crippen LogP contribution in [0.2, 0.25) is 0 Å². The first-order valence-electron chi connectivity index (χ1n) is 4.73. The Bertz CT molecular complexity index is 165. The minimum atomic E-state index is 0.313. The van der Waals surface area contributed by atoms with Gasteiger partial charge in [0, 0.05) is 26.2 Å². The molecule has 1 aliphatic heterocycles. The summed E-state index contributed by atoms with van der Waals surface area (Å²) in [5, 5.41) is 8.69. The Balaban J connectivity index is 2.34. The highest BCUT2D eigenvalue weighted by Gasteiger charge is 2.13. The fraction of sp³-hybridized carbons (Fsp3) is 0.800. The molecule has 0 spiro atoms. The van der Waals surface area contributed by atoms with E-state index in [0.717, 1.165) is 26.1 Å². The van der Waals surface area contributed by atoms with Crippen molar-refractivity contribution in [2.45, 2.75) is 20.3 Å². The van der Waals surface area contributed by atoms with Gasteiger partial charge in [0.1, 0.15) is 0 Å². The van der Waals surface area contributed by atoms with Crippen LogP contribution >= 0.6 is 0 Å². The molecular weight excluding hydrogens is 150 g/mol. The molecule has 1 unspecified atom stereocenters. The van der Waals surface area contributed by atoms with Crippen molar-refractivity contribution in [3.8, 4) is 0 Å². The molecule has 0 amide bonds. The smallest absolute Gasteiger partial charge is 0.0443 e. The molecule has 0 bridgehead atoms. The van der Waals surface area contributed by atoms with Crippen LogP contribution in [0.1, 0.15) is 20.3 Å². The SMILES string of the molecule is CC1=CC(C)CN(CCCO)C1. The Morgan fingerprint density at radius 3 is 3.00 bits per heavy atom. The first kappa shape index (κ1) is 9.75. The van der Waals surface area contributed by atoms with Gasteiger partial charge in [0.15, 0.2) is 0 Å². The molecule has 0 fully saturated rings. The Kier molecular flexibility index (Phi) is 3.76. The number of rotatable bonds is 3. The first-order valence-corrected chi connectivity index (χ1v) is 4.73. The van der Waals surface area contributed by atoms with Gasteiger partial charge in [0.05, 0.1) is 0 Å². The van der Waals surface area contributed by atoms with Gasteiger partial charge in [-0.3, -0.25) is 4.90 Å². The molecule has 1 heterocycles. The van der Waals surface area contributed by atoms with Crippen LogP contribution in [-0.4, -0.2) is 36.2 Å². The molecule has 12 heavy (non-hydrogen) atoms. The lowest BCUT2D eigenvalue weighted by Crippen LogP contribution is -2.34. The van der Waals surface area contributed by atoms with Crippen molar-refractivity contribution in [2.75, 3.05) is 26.2 Å². The minimum Gasteiger partial charge on any atom is -0.396 e. The largest absolute Gasteiger partial charge is 0.396 e. The lowest BCUT2D eigenvalue weighted by atomic mass is 10.0. The summed E-state index contributed by atoms with van der Waals surface area (Å²) in [6, 6.07) is 0. The van der Waals surface area contributed by atoms with Gasteiger partial charge in [-0.1, -0.05) is 18.6 Å². The lowest BCUT2D eigenvalue weighted by molar-refractivity contribution is 0.216. The van der Waals surface area contributed by atoms with Crippen molar-refractivity contribution < 1.29 is 5.11 Å². The van der Waals surface area contributed by atoms with E-state index in [0.29, 0.717) is 12.5 Å². The van der Waals surface area contributed by atoms with E-state index >= 15 is 0 Å². The van der Waals surface area contributed by atoms with E-state index in [1.807, 2.05) is 0 Å². The second-order valence-corrected chi connectivity index (χ2v) is 3.80. The van der Waals surface area contributed by atoms with Crippen LogP contribution in [0, 0.1) is 5.92 Å². The molecule has 0 aromatic rings. The number of hydrogen-bond donors (Lipinski definition) is 1. The molecular formula is C10H19NO. The van der Waals surface area contributed by atoms with Crippen LogP contribution in [0.4, 0.5) is 0 Å². The molecule has 2 nitrogen and oxygen atoms in total.